The molecule has 1 atom stereocenters. The molecule has 1 fully saturated rings. The molecule has 1 aliphatic heterocycles. The van der Waals surface area contributed by atoms with Crippen LogP contribution < -0.4 is 10.6 Å². The van der Waals surface area contributed by atoms with Crippen molar-refractivity contribution < 1.29 is 9.21 Å². The van der Waals surface area contributed by atoms with Crippen LogP contribution in [0.1, 0.15) is 29.0 Å². The highest BCUT2D eigenvalue weighted by Crippen LogP contribution is 2.20. The van der Waals surface area contributed by atoms with Crippen LogP contribution in [0, 0.1) is 6.92 Å². The van der Waals surface area contributed by atoms with Crippen molar-refractivity contribution in [2.75, 3.05) is 13.1 Å². The molecular formula is C15H19ClN2O2. The minimum atomic E-state index is -0.123. The first-order valence-corrected chi connectivity index (χ1v) is 6.74. The highest BCUT2D eigenvalue weighted by Gasteiger charge is 2.18. The predicted molar refractivity (Wildman–Crippen MR) is 81.6 cm³/mol. The molecule has 0 aliphatic carbocycles. The smallest absolute Gasteiger partial charge is 0.287 e. The molecule has 5 heteroatoms. The Morgan fingerprint density at radius 3 is 3.00 bits per heavy atom. The summed E-state index contributed by atoms with van der Waals surface area (Å²) < 4.78 is 5.59. The van der Waals surface area contributed by atoms with Crippen LogP contribution in [0.2, 0.25) is 0 Å². The fourth-order valence-electron chi connectivity index (χ4n) is 2.51. The van der Waals surface area contributed by atoms with E-state index in [1.165, 1.54) is 0 Å². The van der Waals surface area contributed by atoms with Gasteiger partial charge in [0.05, 0.1) is 0 Å². The Kier molecular flexibility index (Phi) is 4.68. The number of rotatable bonds is 2. The number of furan rings is 1. The average Bonchev–Trinajstić information content (AvgIpc) is 2.83. The van der Waals surface area contributed by atoms with E-state index in [0.29, 0.717) is 5.76 Å². The maximum Gasteiger partial charge on any atom is 0.287 e. The van der Waals surface area contributed by atoms with Gasteiger partial charge in [-0.15, -0.1) is 12.4 Å². The van der Waals surface area contributed by atoms with Crippen molar-refractivity contribution in [1.29, 1.82) is 0 Å². The van der Waals surface area contributed by atoms with Crippen LogP contribution in [0.5, 0.6) is 0 Å². The number of hydrogen-bond donors (Lipinski definition) is 2. The van der Waals surface area contributed by atoms with Crippen molar-refractivity contribution >= 4 is 29.3 Å². The zero-order chi connectivity index (χ0) is 13.2. The van der Waals surface area contributed by atoms with Gasteiger partial charge in [-0.1, -0.05) is 11.6 Å². The summed E-state index contributed by atoms with van der Waals surface area (Å²) in [7, 11) is 0. The van der Waals surface area contributed by atoms with E-state index in [2.05, 4.69) is 10.6 Å². The number of amides is 1. The Morgan fingerprint density at radius 2 is 2.25 bits per heavy atom. The van der Waals surface area contributed by atoms with E-state index in [9.17, 15) is 4.79 Å². The zero-order valence-electron chi connectivity index (χ0n) is 11.4. The summed E-state index contributed by atoms with van der Waals surface area (Å²) in [6, 6.07) is 7.93. The Hall–Kier alpha value is -1.52. The van der Waals surface area contributed by atoms with Crippen molar-refractivity contribution in [2.24, 2.45) is 0 Å². The van der Waals surface area contributed by atoms with Gasteiger partial charge in [0, 0.05) is 18.0 Å². The highest BCUT2D eigenvalue weighted by atomic mass is 35.5. The van der Waals surface area contributed by atoms with Crippen LogP contribution in [0.4, 0.5) is 0 Å². The van der Waals surface area contributed by atoms with Gasteiger partial charge in [-0.25, -0.2) is 0 Å². The fraction of sp³-hybridized carbons (Fsp3) is 0.400. The molecule has 0 saturated carbocycles. The maximum atomic E-state index is 12.1. The molecular weight excluding hydrogens is 276 g/mol. The monoisotopic (exact) mass is 294 g/mol. The third-order valence-corrected chi connectivity index (χ3v) is 3.53. The van der Waals surface area contributed by atoms with E-state index >= 15 is 0 Å². The van der Waals surface area contributed by atoms with Gasteiger partial charge in [0.2, 0.25) is 0 Å². The Labute approximate surface area is 124 Å². The Bertz CT molecular complexity index is 603. The lowest BCUT2D eigenvalue weighted by Crippen LogP contribution is -2.45. The molecule has 1 aromatic carbocycles. The lowest BCUT2D eigenvalue weighted by molar-refractivity contribution is 0.0905. The van der Waals surface area contributed by atoms with Gasteiger partial charge in [0.25, 0.3) is 5.91 Å². The molecule has 1 amide bonds. The van der Waals surface area contributed by atoms with Crippen molar-refractivity contribution in [3.8, 4) is 0 Å². The summed E-state index contributed by atoms with van der Waals surface area (Å²) >= 11 is 0. The molecule has 2 aromatic rings. The number of nitrogens with one attached hydrogen (secondary N) is 2. The normalized spacial score (nSPS) is 18.6. The minimum absolute atomic E-state index is 0. The number of aryl methyl sites for hydroxylation is 1. The number of carbonyl (C=O) groups is 1. The summed E-state index contributed by atoms with van der Waals surface area (Å²) in [5.74, 6) is 0.272. The first-order chi connectivity index (χ1) is 9.22. The van der Waals surface area contributed by atoms with E-state index in [4.69, 9.17) is 4.42 Å². The van der Waals surface area contributed by atoms with Crippen molar-refractivity contribution in [2.45, 2.75) is 25.8 Å². The van der Waals surface area contributed by atoms with Crippen LogP contribution in [-0.2, 0) is 0 Å². The molecule has 2 heterocycles. The van der Waals surface area contributed by atoms with Gasteiger partial charge in [0.1, 0.15) is 5.58 Å². The molecule has 1 aromatic heterocycles. The topological polar surface area (TPSA) is 54.3 Å². The van der Waals surface area contributed by atoms with Crippen molar-refractivity contribution in [3.63, 3.8) is 0 Å². The molecule has 0 radical (unpaired) electrons. The summed E-state index contributed by atoms with van der Waals surface area (Å²) in [6.45, 7) is 3.90. The van der Waals surface area contributed by atoms with Crippen LogP contribution in [-0.4, -0.2) is 25.0 Å². The number of piperidine rings is 1. The zero-order valence-corrected chi connectivity index (χ0v) is 12.3. The first kappa shape index (κ1) is 14.9. The molecule has 20 heavy (non-hydrogen) atoms. The van der Waals surface area contributed by atoms with Gasteiger partial charge < -0.3 is 15.1 Å². The Balaban J connectivity index is 0.00000147. The second-order valence-corrected chi connectivity index (χ2v) is 5.17. The molecule has 2 N–H and O–H groups in total. The molecule has 1 aliphatic rings. The Morgan fingerprint density at radius 1 is 1.40 bits per heavy atom. The predicted octanol–water partition coefficient (Wildman–Crippen LogP) is 2.64. The van der Waals surface area contributed by atoms with Crippen LogP contribution >= 0.6 is 12.4 Å². The maximum absolute atomic E-state index is 12.1. The van der Waals surface area contributed by atoms with Crippen LogP contribution in [0.15, 0.2) is 28.7 Å². The average molecular weight is 295 g/mol. The highest BCUT2D eigenvalue weighted by molar-refractivity contribution is 5.96. The van der Waals surface area contributed by atoms with Crippen LogP contribution in [0.3, 0.4) is 0 Å². The summed E-state index contributed by atoms with van der Waals surface area (Å²) in [4.78, 5) is 12.1. The molecule has 3 rings (SSSR count). The molecule has 0 bridgehead atoms. The lowest BCUT2D eigenvalue weighted by Gasteiger charge is -2.23. The second-order valence-electron chi connectivity index (χ2n) is 5.17. The SMILES string of the molecule is Cc1ccc2oc(C(=O)N[C@@H]3CCCNC3)cc2c1.Cl. The van der Waals surface area contributed by atoms with Gasteiger partial charge >= 0.3 is 0 Å². The van der Waals surface area contributed by atoms with Crippen molar-refractivity contribution in [1.82, 2.24) is 10.6 Å². The van der Waals surface area contributed by atoms with Gasteiger partial charge in [-0.3, -0.25) is 4.79 Å². The van der Waals surface area contributed by atoms with Gasteiger partial charge in [-0.2, -0.15) is 0 Å². The van der Waals surface area contributed by atoms with E-state index in [-0.39, 0.29) is 24.4 Å². The number of fused-ring (bicyclic) bond motifs is 1. The minimum Gasteiger partial charge on any atom is -0.451 e. The van der Waals surface area contributed by atoms with Crippen molar-refractivity contribution in [3.05, 3.63) is 35.6 Å². The number of halogens is 1. The summed E-state index contributed by atoms with van der Waals surface area (Å²) in [5, 5.41) is 7.27. The standard InChI is InChI=1S/C15H18N2O2.ClH/c1-10-4-5-13-11(7-10)8-14(19-13)15(18)17-12-3-2-6-16-9-12;/h4-5,7-8,12,16H,2-3,6,9H2,1H3,(H,17,18);1H/t12-;/m1./s1. The fourth-order valence-corrected chi connectivity index (χ4v) is 2.51. The van der Waals surface area contributed by atoms with E-state index in [1.807, 2.05) is 31.2 Å². The number of benzene rings is 1. The molecule has 0 unspecified atom stereocenters. The van der Waals surface area contributed by atoms with E-state index < -0.39 is 0 Å². The summed E-state index contributed by atoms with van der Waals surface area (Å²) in [6.07, 6.45) is 2.13. The van der Waals surface area contributed by atoms with Gasteiger partial charge in [-0.05, 0) is 44.5 Å². The largest absolute Gasteiger partial charge is 0.451 e. The quantitative estimate of drug-likeness (QED) is 0.895. The second kappa shape index (κ2) is 6.29. The lowest BCUT2D eigenvalue weighted by atomic mass is 10.1. The molecule has 1 saturated heterocycles. The number of carbonyl (C=O) groups excluding carboxylic acids is 1. The molecule has 108 valence electrons. The third-order valence-electron chi connectivity index (χ3n) is 3.53. The molecule has 4 nitrogen and oxygen atoms in total. The molecule has 0 spiro atoms. The van der Waals surface area contributed by atoms with Crippen LogP contribution in [0.25, 0.3) is 11.0 Å². The van der Waals surface area contributed by atoms with E-state index in [0.717, 1.165) is 42.5 Å². The number of hydrogen-bond acceptors (Lipinski definition) is 3. The van der Waals surface area contributed by atoms with Gasteiger partial charge in [0.15, 0.2) is 5.76 Å². The first-order valence-electron chi connectivity index (χ1n) is 6.74. The van der Waals surface area contributed by atoms with E-state index in [1.54, 1.807) is 0 Å². The summed E-state index contributed by atoms with van der Waals surface area (Å²) in [5.41, 5.74) is 1.93. The third kappa shape index (κ3) is 3.14.